The van der Waals surface area contributed by atoms with Crippen LogP contribution in [0.1, 0.15) is 34.6 Å². The molecule has 0 radical (unpaired) electrons. The number of nitrogens with one attached hydrogen (secondary N) is 2. The molecular weight excluding hydrogens is 461 g/mol. The van der Waals surface area contributed by atoms with Crippen molar-refractivity contribution < 1.29 is 31.1 Å². The molecule has 1 aromatic heterocycles. The Morgan fingerprint density at radius 3 is 2.48 bits per heavy atom. The second-order valence-electron chi connectivity index (χ2n) is 7.23. The molecule has 0 aliphatic carbocycles. The number of alkyl halides is 3. The van der Waals surface area contributed by atoms with Crippen molar-refractivity contribution in [2.75, 3.05) is 18.1 Å². The van der Waals surface area contributed by atoms with Crippen LogP contribution in [-0.2, 0) is 16.2 Å². The number of hydrogen-bond acceptors (Lipinski definition) is 5. The molecule has 0 aliphatic rings. The lowest BCUT2D eigenvalue weighted by molar-refractivity contribution is -0.137. The van der Waals surface area contributed by atoms with Crippen LogP contribution in [0.5, 0.6) is 5.75 Å². The first-order valence-electron chi connectivity index (χ1n) is 9.57. The number of hydrogen-bond donors (Lipinski definition) is 2. The van der Waals surface area contributed by atoms with Crippen molar-refractivity contribution in [3.05, 3.63) is 71.5 Å². The van der Waals surface area contributed by atoms with E-state index in [2.05, 4.69) is 15.1 Å². The van der Waals surface area contributed by atoms with E-state index in [0.717, 1.165) is 23.1 Å². The maximum Gasteiger partial charge on any atom is 0.416 e. The van der Waals surface area contributed by atoms with E-state index < -0.39 is 33.7 Å². The lowest BCUT2D eigenvalue weighted by Crippen LogP contribution is -2.27. The second-order valence-corrected chi connectivity index (χ2v) is 8.98. The van der Waals surface area contributed by atoms with Gasteiger partial charge in [-0.2, -0.15) is 18.3 Å². The zero-order valence-electron chi connectivity index (χ0n) is 17.8. The summed E-state index contributed by atoms with van der Waals surface area (Å²) in [5.41, 5.74) is 0.0920. The number of aromatic nitrogens is 2. The largest absolute Gasteiger partial charge is 0.493 e. The van der Waals surface area contributed by atoms with Crippen molar-refractivity contribution in [2.45, 2.75) is 19.1 Å². The Balaban J connectivity index is 1.84. The van der Waals surface area contributed by atoms with Crippen LogP contribution in [0.15, 0.2) is 54.7 Å². The predicted molar refractivity (Wildman–Crippen MR) is 116 cm³/mol. The maximum atomic E-state index is 13.0. The van der Waals surface area contributed by atoms with Crippen LogP contribution in [0.3, 0.4) is 0 Å². The Bertz CT molecular complexity index is 1270. The number of sulfonamides is 1. The summed E-state index contributed by atoms with van der Waals surface area (Å²) >= 11 is 0. The molecule has 0 spiro atoms. The number of nitrogens with zero attached hydrogens (tertiary/aromatic N) is 2. The van der Waals surface area contributed by atoms with E-state index in [9.17, 15) is 26.4 Å². The number of anilines is 1. The molecule has 8 nitrogen and oxygen atoms in total. The van der Waals surface area contributed by atoms with Gasteiger partial charge in [0.25, 0.3) is 5.91 Å². The Labute approximate surface area is 188 Å². The molecule has 0 saturated carbocycles. The summed E-state index contributed by atoms with van der Waals surface area (Å²) in [6.45, 7) is 1.69. The molecule has 0 saturated heterocycles. The number of amides is 1. The zero-order valence-corrected chi connectivity index (χ0v) is 18.7. The van der Waals surface area contributed by atoms with Gasteiger partial charge in [0.2, 0.25) is 10.0 Å². The van der Waals surface area contributed by atoms with Crippen molar-refractivity contribution in [1.82, 2.24) is 15.1 Å². The van der Waals surface area contributed by atoms with Crippen LogP contribution in [0, 0.1) is 0 Å². The number of ether oxygens (including phenoxy) is 1. The zero-order chi connectivity index (χ0) is 24.4. The summed E-state index contributed by atoms with van der Waals surface area (Å²) in [6.07, 6.45) is -2.19. The first-order chi connectivity index (χ1) is 15.4. The van der Waals surface area contributed by atoms with Gasteiger partial charge in [0.15, 0.2) is 11.4 Å². The normalized spacial score (nSPS) is 12.8. The van der Waals surface area contributed by atoms with E-state index in [1.54, 1.807) is 31.2 Å². The van der Waals surface area contributed by atoms with Gasteiger partial charge in [-0.3, -0.25) is 9.52 Å². The van der Waals surface area contributed by atoms with Gasteiger partial charge in [-0.05, 0) is 42.8 Å². The molecule has 0 fully saturated rings. The van der Waals surface area contributed by atoms with Gasteiger partial charge in [-0.15, -0.1) is 0 Å². The highest BCUT2D eigenvalue weighted by Crippen LogP contribution is 2.31. The van der Waals surface area contributed by atoms with E-state index in [4.69, 9.17) is 4.74 Å². The highest BCUT2D eigenvalue weighted by Gasteiger charge is 2.31. The minimum Gasteiger partial charge on any atom is -0.493 e. The third-order valence-electron chi connectivity index (χ3n) is 4.59. The monoisotopic (exact) mass is 482 g/mol. The molecule has 3 rings (SSSR count). The van der Waals surface area contributed by atoms with Crippen molar-refractivity contribution in [1.29, 1.82) is 0 Å². The minimum absolute atomic E-state index is 0.0737. The number of rotatable bonds is 7. The summed E-state index contributed by atoms with van der Waals surface area (Å²) in [5.74, 6) is -0.545. The van der Waals surface area contributed by atoms with Crippen LogP contribution in [0.4, 0.5) is 18.9 Å². The van der Waals surface area contributed by atoms with Crippen LogP contribution in [-0.4, -0.2) is 37.5 Å². The summed E-state index contributed by atoms with van der Waals surface area (Å²) in [5, 5.41) is 6.83. The lowest BCUT2D eigenvalue weighted by Gasteiger charge is -2.15. The Morgan fingerprint density at radius 2 is 1.85 bits per heavy atom. The van der Waals surface area contributed by atoms with Gasteiger partial charge < -0.3 is 10.1 Å². The topological polar surface area (TPSA) is 102 Å². The fraction of sp³-hybridized carbons (Fsp3) is 0.238. The molecule has 1 unspecified atom stereocenters. The first-order valence-corrected chi connectivity index (χ1v) is 11.5. The van der Waals surface area contributed by atoms with Gasteiger partial charge >= 0.3 is 6.18 Å². The smallest absolute Gasteiger partial charge is 0.416 e. The quantitative estimate of drug-likeness (QED) is 0.534. The lowest BCUT2D eigenvalue weighted by atomic mass is 10.1. The van der Waals surface area contributed by atoms with E-state index in [0.29, 0.717) is 11.3 Å². The molecule has 2 aromatic carbocycles. The summed E-state index contributed by atoms with van der Waals surface area (Å²) in [4.78, 5) is 12.8. The highest BCUT2D eigenvalue weighted by atomic mass is 32.2. The minimum atomic E-state index is -4.52. The molecular formula is C21H21F3N4O4S. The fourth-order valence-corrected chi connectivity index (χ4v) is 3.61. The van der Waals surface area contributed by atoms with Gasteiger partial charge in [0, 0.05) is 5.69 Å². The molecule has 2 N–H and O–H groups in total. The van der Waals surface area contributed by atoms with E-state index in [1.807, 2.05) is 0 Å². The number of methoxy groups -OCH3 is 1. The number of carbonyl (C=O) groups is 1. The van der Waals surface area contributed by atoms with Gasteiger partial charge in [0.05, 0.1) is 36.9 Å². The number of carbonyl (C=O) groups excluding carboxylic acids is 1. The second kappa shape index (κ2) is 9.14. The number of halogens is 3. The molecule has 0 aliphatic heterocycles. The Morgan fingerprint density at radius 1 is 1.15 bits per heavy atom. The summed E-state index contributed by atoms with van der Waals surface area (Å²) < 4.78 is 70.6. The molecule has 1 atom stereocenters. The van der Waals surface area contributed by atoms with Crippen molar-refractivity contribution in [2.24, 2.45) is 0 Å². The Kier molecular flexibility index (Phi) is 6.68. The van der Waals surface area contributed by atoms with Crippen LogP contribution >= 0.6 is 0 Å². The van der Waals surface area contributed by atoms with Gasteiger partial charge in [-0.1, -0.05) is 18.2 Å². The number of benzene rings is 2. The van der Waals surface area contributed by atoms with E-state index >= 15 is 0 Å². The van der Waals surface area contributed by atoms with Crippen LogP contribution in [0.2, 0.25) is 0 Å². The molecule has 3 aromatic rings. The predicted octanol–water partition coefficient (Wildman–Crippen LogP) is 3.76. The average Bonchev–Trinajstić information content (AvgIpc) is 3.17. The van der Waals surface area contributed by atoms with Crippen LogP contribution in [0.25, 0.3) is 5.69 Å². The van der Waals surface area contributed by atoms with E-state index in [1.165, 1.54) is 25.4 Å². The average molecular weight is 482 g/mol. The molecule has 12 heteroatoms. The molecule has 1 amide bonds. The standard InChI is InChI=1S/C21H21F3N4O4S/c1-13(14-6-4-8-16(10-14)27-33(3,30)31)25-20(29)19-18(32-2)12-28(26-19)17-9-5-7-15(11-17)21(22,23)24/h4-13,27H,1-3H3,(H,25,29). The van der Waals surface area contributed by atoms with Crippen molar-refractivity contribution >= 4 is 21.6 Å². The third kappa shape index (κ3) is 6.04. The SMILES string of the molecule is COc1cn(-c2cccc(C(F)(F)F)c2)nc1C(=O)NC(C)c1cccc(NS(C)(=O)=O)c1. The van der Waals surface area contributed by atoms with Crippen molar-refractivity contribution in [3.63, 3.8) is 0 Å². The fourth-order valence-electron chi connectivity index (χ4n) is 3.06. The van der Waals surface area contributed by atoms with Gasteiger partial charge in [0.1, 0.15) is 0 Å². The highest BCUT2D eigenvalue weighted by molar-refractivity contribution is 7.92. The van der Waals surface area contributed by atoms with Gasteiger partial charge in [-0.25, -0.2) is 13.1 Å². The molecule has 0 bridgehead atoms. The third-order valence-corrected chi connectivity index (χ3v) is 5.20. The summed E-state index contributed by atoms with van der Waals surface area (Å²) in [6, 6.07) is 10.5. The summed E-state index contributed by atoms with van der Waals surface area (Å²) in [7, 11) is -2.15. The Hall–Kier alpha value is -3.54. The van der Waals surface area contributed by atoms with E-state index in [-0.39, 0.29) is 17.1 Å². The van der Waals surface area contributed by atoms with Crippen molar-refractivity contribution in [3.8, 4) is 11.4 Å². The maximum absolute atomic E-state index is 13.0. The molecule has 33 heavy (non-hydrogen) atoms. The first kappa shape index (κ1) is 24.1. The molecule has 176 valence electrons. The van der Waals surface area contributed by atoms with Crippen LogP contribution < -0.4 is 14.8 Å². The molecule has 1 heterocycles.